The van der Waals surface area contributed by atoms with Gasteiger partial charge in [0.1, 0.15) is 5.82 Å². The van der Waals surface area contributed by atoms with E-state index in [2.05, 4.69) is 0 Å². The van der Waals surface area contributed by atoms with Crippen LogP contribution in [0.1, 0.15) is 10.4 Å². The van der Waals surface area contributed by atoms with Crippen molar-refractivity contribution in [2.45, 2.75) is 6.04 Å². The van der Waals surface area contributed by atoms with E-state index in [4.69, 9.17) is 10.5 Å². The van der Waals surface area contributed by atoms with Gasteiger partial charge in [0.15, 0.2) is 0 Å². The fourth-order valence-electron chi connectivity index (χ4n) is 2.72. The molecule has 0 radical (unpaired) electrons. The van der Waals surface area contributed by atoms with Crippen LogP contribution >= 0.6 is 0 Å². The molecular formula is C16H17FN2O2. The van der Waals surface area contributed by atoms with Gasteiger partial charge in [0, 0.05) is 24.0 Å². The van der Waals surface area contributed by atoms with Crippen LogP contribution in [0.2, 0.25) is 0 Å². The summed E-state index contributed by atoms with van der Waals surface area (Å²) in [6.45, 7) is 1.81. The number of ether oxygens (including phenoxy) is 1. The molecule has 1 amide bonds. The average Bonchev–Trinajstić information content (AvgIpc) is 2.55. The molecule has 3 rings (SSSR count). The second kappa shape index (κ2) is 5.79. The van der Waals surface area contributed by atoms with Crippen LogP contribution in [0.25, 0.3) is 10.8 Å². The topological polar surface area (TPSA) is 55.6 Å². The van der Waals surface area contributed by atoms with Crippen molar-refractivity contribution < 1.29 is 13.9 Å². The number of halogens is 1. The summed E-state index contributed by atoms with van der Waals surface area (Å²) in [5.74, 6) is -0.440. The van der Waals surface area contributed by atoms with E-state index in [9.17, 15) is 9.18 Å². The summed E-state index contributed by atoms with van der Waals surface area (Å²) < 4.78 is 19.2. The van der Waals surface area contributed by atoms with Crippen LogP contribution in [-0.4, -0.2) is 43.2 Å². The van der Waals surface area contributed by atoms with Crippen molar-refractivity contribution in [3.8, 4) is 0 Å². The molecule has 2 N–H and O–H groups in total. The summed E-state index contributed by atoms with van der Waals surface area (Å²) in [4.78, 5) is 14.5. The lowest BCUT2D eigenvalue weighted by molar-refractivity contribution is 0.000947. The van der Waals surface area contributed by atoms with Crippen molar-refractivity contribution in [2.24, 2.45) is 5.73 Å². The Kier molecular flexibility index (Phi) is 3.86. The minimum atomic E-state index is -0.320. The molecule has 1 saturated heterocycles. The molecule has 0 aliphatic carbocycles. The summed E-state index contributed by atoms with van der Waals surface area (Å²) in [5, 5.41) is 1.09. The molecule has 4 nitrogen and oxygen atoms in total. The second-order valence-electron chi connectivity index (χ2n) is 5.10. The zero-order valence-electron chi connectivity index (χ0n) is 11.6. The quantitative estimate of drug-likeness (QED) is 0.916. The summed E-state index contributed by atoms with van der Waals surface area (Å²) in [6, 6.07) is 9.77. The van der Waals surface area contributed by atoms with Gasteiger partial charge in [0.05, 0.1) is 19.3 Å². The zero-order valence-corrected chi connectivity index (χ0v) is 11.6. The van der Waals surface area contributed by atoms with E-state index < -0.39 is 0 Å². The number of hydrogen-bond donors (Lipinski definition) is 1. The molecule has 5 heteroatoms. The first-order valence-electron chi connectivity index (χ1n) is 6.98. The van der Waals surface area contributed by atoms with Gasteiger partial charge in [-0.25, -0.2) is 4.39 Å². The molecule has 1 unspecified atom stereocenters. The van der Waals surface area contributed by atoms with Crippen molar-refractivity contribution in [3.63, 3.8) is 0 Å². The van der Waals surface area contributed by atoms with E-state index in [1.54, 1.807) is 35.2 Å². The Morgan fingerprint density at radius 2 is 2.05 bits per heavy atom. The van der Waals surface area contributed by atoms with Gasteiger partial charge in [-0.05, 0) is 17.5 Å². The summed E-state index contributed by atoms with van der Waals surface area (Å²) in [5.41, 5.74) is 6.22. The third-order valence-corrected chi connectivity index (χ3v) is 3.86. The molecule has 0 saturated carbocycles. The van der Waals surface area contributed by atoms with Crippen LogP contribution < -0.4 is 5.73 Å². The number of rotatable bonds is 2. The first-order chi connectivity index (χ1) is 10.2. The fourth-order valence-corrected chi connectivity index (χ4v) is 2.72. The van der Waals surface area contributed by atoms with Crippen LogP contribution in [0.4, 0.5) is 4.39 Å². The van der Waals surface area contributed by atoms with Gasteiger partial charge in [-0.1, -0.05) is 24.3 Å². The van der Waals surface area contributed by atoms with Crippen LogP contribution in [0.5, 0.6) is 0 Å². The Morgan fingerprint density at radius 3 is 2.81 bits per heavy atom. The third-order valence-electron chi connectivity index (χ3n) is 3.86. The lowest BCUT2D eigenvalue weighted by Crippen LogP contribution is -2.52. The van der Waals surface area contributed by atoms with E-state index in [-0.39, 0.29) is 17.8 Å². The van der Waals surface area contributed by atoms with Gasteiger partial charge >= 0.3 is 0 Å². The molecule has 1 aliphatic heterocycles. The number of nitrogens with zero attached hydrogens (tertiary/aromatic N) is 1. The SMILES string of the molecule is NCC1COCCN1C(=O)c1ccc(F)c2ccccc12. The number of morpholine rings is 1. The monoisotopic (exact) mass is 288 g/mol. The Bertz CT molecular complexity index is 674. The summed E-state index contributed by atoms with van der Waals surface area (Å²) in [6.07, 6.45) is 0. The number of benzene rings is 2. The van der Waals surface area contributed by atoms with Crippen LogP contribution in [0.3, 0.4) is 0 Å². The molecular weight excluding hydrogens is 271 g/mol. The van der Waals surface area contributed by atoms with Crippen molar-refractivity contribution in [3.05, 3.63) is 47.8 Å². The standard InChI is InChI=1S/C16H17FN2O2/c17-15-6-5-14(12-3-1-2-4-13(12)15)16(20)19-7-8-21-10-11(19)9-18/h1-6,11H,7-10,18H2. The summed E-state index contributed by atoms with van der Waals surface area (Å²) in [7, 11) is 0. The number of fused-ring (bicyclic) bond motifs is 1. The highest BCUT2D eigenvalue weighted by molar-refractivity contribution is 6.07. The van der Waals surface area contributed by atoms with E-state index in [0.29, 0.717) is 42.6 Å². The maximum Gasteiger partial charge on any atom is 0.254 e. The predicted molar refractivity (Wildman–Crippen MR) is 78.6 cm³/mol. The predicted octanol–water partition coefficient (Wildman–Crippen LogP) is 1.78. The Balaban J connectivity index is 2.03. The molecule has 1 heterocycles. The van der Waals surface area contributed by atoms with Gasteiger partial charge < -0.3 is 15.4 Å². The van der Waals surface area contributed by atoms with E-state index in [0.717, 1.165) is 0 Å². The van der Waals surface area contributed by atoms with Crippen molar-refractivity contribution >= 4 is 16.7 Å². The van der Waals surface area contributed by atoms with Gasteiger partial charge in [-0.3, -0.25) is 4.79 Å². The fraction of sp³-hybridized carbons (Fsp3) is 0.312. The molecule has 2 aromatic rings. The van der Waals surface area contributed by atoms with E-state index >= 15 is 0 Å². The molecule has 0 aromatic heterocycles. The molecule has 110 valence electrons. The largest absolute Gasteiger partial charge is 0.377 e. The van der Waals surface area contributed by atoms with Gasteiger partial charge in [0.25, 0.3) is 5.91 Å². The molecule has 21 heavy (non-hydrogen) atoms. The first kappa shape index (κ1) is 14.0. The first-order valence-corrected chi connectivity index (χ1v) is 6.98. The molecule has 0 spiro atoms. The number of carbonyl (C=O) groups is 1. The lowest BCUT2D eigenvalue weighted by Gasteiger charge is -2.35. The van der Waals surface area contributed by atoms with Crippen molar-refractivity contribution in [2.75, 3.05) is 26.3 Å². The maximum atomic E-state index is 13.8. The molecule has 2 aromatic carbocycles. The molecule has 1 fully saturated rings. The molecule has 1 aliphatic rings. The second-order valence-corrected chi connectivity index (χ2v) is 5.10. The lowest BCUT2D eigenvalue weighted by atomic mass is 10.0. The van der Waals surface area contributed by atoms with Crippen LogP contribution in [0.15, 0.2) is 36.4 Å². The Morgan fingerprint density at radius 1 is 1.29 bits per heavy atom. The van der Waals surface area contributed by atoms with E-state index in [1.807, 2.05) is 0 Å². The highest BCUT2D eigenvalue weighted by atomic mass is 19.1. The number of carbonyl (C=O) groups excluding carboxylic acids is 1. The average molecular weight is 288 g/mol. The van der Waals surface area contributed by atoms with Gasteiger partial charge in [0.2, 0.25) is 0 Å². The minimum Gasteiger partial charge on any atom is -0.377 e. The van der Waals surface area contributed by atoms with Crippen LogP contribution in [-0.2, 0) is 4.74 Å². The van der Waals surface area contributed by atoms with E-state index in [1.165, 1.54) is 6.07 Å². The van der Waals surface area contributed by atoms with Gasteiger partial charge in [-0.15, -0.1) is 0 Å². The minimum absolute atomic E-state index is 0.120. The maximum absolute atomic E-state index is 13.8. The Labute approximate surface area is 122 Å². The highest BCUT2D eigenvalue weighted by Crippen LogP contribution is 2.24. The number of amides is 1. The Hall–Kier alpha value is -1.98. The summed E-state index contributed by atoms with van der Waals surface area (Å²) >= 11 is 0. The number of hydrogen-bond acceptors (Lipinski definition) is 3. The van der Waals surface area contributed by atoms with Crippen LogP contribution in [0, 0.1) is 5.82 Å². The van der Waals surface area contributed by atoms with Crippen molar-refractivity contribution in [1.29, 1.82) is 0 Å². The third kappa shape index (κ3) is 2.50. The number of nitrogens with two attached hydrogens (primary N) is 1. The van der Waals surface area contributed by atoms with Gasteiger partial charge in [-0.2, -0.15) is 0 Å². The molecule has 1 atom stereocenters. The normalized spacial score (nSPS) is 19.0. The van der Waals surface area contributed by atoms with Crippen molar-refractivity contribution in [1.82, 2.24) is 4.90 Å². The highest BCUT2D eigenvalue weighted by Gasteiger charge is 2.28. The smallest absolute Gasteiger partial charge is 0.254 e. The zero-order chi connectivity index (χ0) is 14.8. The molecule has 0 bridgehead atoms.